The van der Waals surface area contributed by atoms with Crippen LogP contribution in [-0.4, -0.2) is 0 Å². The van der Waals surface area contributed by atoms with Crippen LogP contribution in [0.25, 0.3) is 17.0 Å². The predicted molar refractivity (Wildman–Crippen MR) is 69.8 cm³/mol. The Labute approximate surface area is 99.7 Å². The SMILES string of the molecule is C1=CC2C=Cc3oc4ccccc4c3C2C=C1. The van der Waals surface area contributed by atoms with Crippen molar-refractivity contribution in [3.8, 4) is 0 Å². The van der Waals surface area contributed by atoms with Crippen molar-refractivity contribution in [3.63, 3.8) is 0 Å². The molecule has 2 aliphatic carbocycles. The maximum Gasteiger partial charge on any atom is 0.135 e. The lowest BCUT2D eigenvalue weighted by molar-refractivity contribution is 0.578. The predicted octanol–water partition coefficient (Wildman–Crippen LogP) is 4.29. The molecule has 1 aromatic heterocycles. The van der Waals surface area contributed by atoms with Crippen LogP contribution in [0.3, 0.4) is 0 Å². The van der Waals surface area contributed by atoms with E-state index in [1.54, 1.807) is 0 Å². The minimum absolute atomic E-state index is 0.434. The molecule has 0 saturated carbocycles. The lowest BCUT2D eigenvalue weighted by Crippen LogP contribution is -2.12. The molecule has 1 aromatic carbocycles. The van der Waals surface area contributed by atoms with Gasteiger partial charge in [0.1, 0.15) is 11.3 Å². The Kier molecular flexibility index (Phi) is 1.72. The van der Waals surface area contributed by atoms with E-state index in [9.17, 15) is 0 Å². The van der Waals surface area contributed by atoms with Crippen molar-refractivity contribution in [3.05, 3.63) is 66.0 Å². The summed E-state index contributed by atoms with van der Waals surface area (Å²) in [7, 11) is 0. The zero-order valence-electron chi connectivity index (χ0n) is 9.34. The van der Waals surface area contributed by atoms with Crippen molar-refractivity contribution in [2.45, 2.75) is 5.92 Å². The highest BCUT2D eigenvalue weighted by Crippen LogP contribution is 2.42. The Morgan fingerprint density at radius 2 is 1.82 bits per heavy atom. The van der Waals surface area contributed by atoms with E-state index in [2.05, 4.69) is 48.6 Å². The quantitative estimate of drug-likeness (QED) is 0.645. The lowest BCUT2D eigenvalue weighted by atomic mass is 9.78. The molecular weight excluding hydrogens is 208 g/mol. The smallest absolute Gasteiger partial charge is 0.135 e. The Bertz CT molecular complexity index is 670. The average Bonchev–Trinajstić information content (AvgIpc) is 2.77. The average molecular weight is 220 g/mol. The molecule has 2 unspecified atom stereocenters. The second-order valence-electron chi connectivity index (χ2n) is 4.61. The van der Waals surface area contributed by atoms with E-state index in [0.29, 0.717) is 11.8 Å². The van der Waals surface area contributed by atoms with Gasteiger partial charge >= 0.3 is 0 Å². The van der Waals surface area contributed by atoms with Gasteiger partial charge in [-0.15, -0.1) is 0 Å². The third kappa shape index (κ3) is 1.19. The highest BCUT2D eigenvalue weighted by Gasteiger charge is 2.28. The number of furan rings is 1. The number of hydrogen-bond donors (Lipinski definition) is 0. The van der Waals surface area contributed by atoms with Gasteiger partial charge in [0.2, 0.25) is 0 Å². The van der Waals surface area contributed by atoms with E-state index in [0.717, 1.165) is 11.3 Å². The van der Waals surface area contributed by atoms with E-state index < -0.39 is 0 Å². The third-order valence-corrected chi connectivity index (χ3v) is 3.64. The molecule has 0 N–H and O–H groups in total. The highest BCUT2D eigenvalue weighted by molar-refractivity contribution is 5.86. The van der Waals surface area contributed by atoms with Gasteiger partial charge in [-0.25, -0.2) is 0 Å². The molecule has 0 spiro atoms. The summed E-state index contributed by atoms with van der Waals surface area (Å²) in [6.07, 6.45) is 13.1. The third-order valence-electron chi connectivity index (χ3n) is 3.64. The van der Waals surface area contributed by atoms with Gasteiger partial charge in [0, 0.05) is 22.8 Å². The summed E-state index contributed by atoms with van der Waals surface area (Å²) in [6, 6.07) is 8.29. The molecule has 1 nitrogen and oxygen atoms in total. The monoisotopic (exact) mass is 220 g/mol. The van der Waals surface area contributed by atoms with Crippen LogP contribution in [0.4, 0.5) is 0 Å². The first kappa shape index (κ1) is 9.06. The van der Waals surface area contributed by atoms with Crippen LogP contribution in [0.15, 0.2) is 59.1 Å². The maximum atomic E-state index is 5.89. The maximum absolute atomic E-state index is 5.89. The molecule has 0 saturated heterocycles. The van der Waals surface area contributed by atoms with Crippen molar-refractivity contribution in [1.82, 2.24) is 0 Å². The van der Waals surface area contributed by atoms with E-state index in [1.807, 2.05) is 12.1 Å². The van der Waals surface area contributed by atoms with Crippen LogP contribution in [0.2, 0.25) is 0 Å². The zero-order valence-corrected chi connectivity index (χ0v) is 9.34. The molecule has 0 aliphatic heterocycles. The van der Waals surface area contributed by atoms with Crippen molar-refractivity contribution in [1.29, 1.82) is 0 Å². The van der Waals surface area contributed by atoms with Gasteiger partial charge in [0.05, 0.1) is 0 Å². The van der Waals surface area contributed by atoms with Gasteiger partial charge < -0.3 is 4.42 Å². The summed E-state index contributed by atoms with van der Waals surface area (Å²) in [5.41, 5.74) is 2.33. The van der Waals surface area contributed by atoms with E-state index in [-0.39, 0.29) is 0 Å². The molecule has 4 rings (SSSR count). The molecule has 0 amide bonds. The van der Waals surface area contributed by atoms with Crippen molar-refractivity contribution in [2.75, 3.05) is 0 Å². The van der Waals surface area contributed by atoms with Gasteiger partial charge in [-0.1, -0.05) is 48.6 Å². The fourth-order valence-corrected chi connectivity index (χ4v) is 2.85. The summed E-state index contributed by atoms with van der Waals surface area (Å²) in [4.78, 5) is 0. The fraction of sp³-hybridized carbons (Fsp3) is 0.125. The van der Waals surface area contributed by atoms with Crippen molar-refractivity contribution >= 4 is 17.0 Å². The minimum Gasteiger partial charge on any atom is -0.456 e. The van der Waals surface area contributed by atoms with E-state index >= 15 is 0 Å². The molecule has 2 atom stereocenters. The molecule has 2 aromatic rings. The molecular formula is C16H12O. The number of para-hydroxylation sites is 1. The number of allylic oxidation sites excluding steroid dienone is 5. The highest BCUT2D eigenvalue weighted by atomic mass is 16.3. The normalized spacial score (nSPS) is 24.9. The molecule has 2 aliphatic rings. The van der Waals surface area contributed by atoms with Crippen LogP contribution in [-0.2, 0) is 0 Å². The summed E-state index contributed by atoms with van der Waals surface area (Å²) in [6.45, 7) is 0. The zero-order chi connectivity index (χ0) is 11.2. The van der Waals surface area contributed by atoms with E-state index in [4.69, 9.17) is 4.42 Å². The minimum atomic E-state index is 0.434. The van der Waals surface area contributed by atoms with Crippen molar-refractivity contribution < 1.29 is 4.42 Å². The Morgan fingerprint density at radius 3 is 2.82 bits per heavy atom. The molecule has 1 heteroatoms. The first-order chi connectivity index (χ1) is 8.43. The Balaban J connectivity index is 2.04. The molecule has 0 bridgehead atoms. The van der Waals surface area contributed by atoms with Crippen molar-refractivity contribution in [2.24, 2.45) is 5.92 Å². The fourth-order valence-electron chi connectivity index (χ4n) is 2.85. The molecule has 17 heavy (non-hydrogen) atoms. The van der Waals surface area contributed by atoms with Crippen LogP contribution in [0.5, 0.6) is 0 Å². The summed E-state index contributed by atoms with van der Waals surface area (Å²) >= 11 is 0. The van der Waals surface area contributed by atoms with Gasteiger partial charge in [-0.2, -0.15) is 0 Å². The summed E-state index contributed by atoms with van der Waals surface area (Å²) in [5, 5.41) is 1.25. The van der Waals surface area contributed by atoms with E-state index in [1.165, 1.54) is 10.9 Å². The number of fused-ring (bicyclic) bond motifs is 5. The second-order valence-corrected chi connectivity index (χ2v) is 4.61. The van der Waals surface area contributed by atoms with Gasteiger partial charge in [0.15, 0.2) is 0 Å². The van der Waals surface area contributed by atoms with Crippen LogP contribution >= 0.6 is 0 Å². The molecule has 82 valence electrons. The van der Waals surface area contributed by atoms with Crippen LogP contribution in [0, 0.1) is 5.92 Å². The Hall–Kier alpha value is -2.02. The van der Waals surface area contributed by atoms with Crippen LogP contribution in [0.1, 0.15) is 17.2 Å². The molecule has 0 radical (unpaired) electrons. The summed E-state index contributed by atoms with van der Waals surface area (Å²) < 4.78 is 5.89. The first-order valence-corrected chi connectivity index (χ1v) is 5.98. The number of benzene rings is 1. The van der Waals surface area contributed by atoms with Gasteiger partial charge in [-0.05, 0) is 12.1 Å². The van der Waals surface area contributed by atoms with Gasteiger partial charge in [0.25, 0.3) is 0 Å². The number of hydrogen-bond acceptors (Lipinski definition) is 1. The molecule has 0 fully saturated rings. The molecule has 1 heterocycles. The Morgan fingerprint density at radius 1 is 0.941 bits per heavy atom. The largest absolute Gasteiger partial charge is 0.456 e. The topological polar surface area (TPSA) is 13.1 Å². The first-order valence-electron chi connectivity index (χ1n) is 5.98. The summed E-state index contributed by atoms with van der Waals surface area (Å²) in [5.74, 6) is 1.93. The van der Waals surface area contributed by atoms with Gasteiger partial charge in [-0.3, -0.25) is 0 Å². The second kappa shape index (κ2) is 3.24. The lowest BCUT2D eigenvalue weighted by Gasteiger charge is -2.24. The standard InChI is InChI=1S/C16H12O/c1-2-6-12-11(5-1)9-10-15-16(12)13-7-3-4-8-14(13)17-15/h1-12H. The number of rotatable bonds is 0. The van der Waals surface area contributed by atoms with Crippen LogP contribution < -0.4 is 0 Å².